The molecule has 1 N–H and O–H groups in total. The number of nitrogens with one attached hydrogen (secondary N) is 1. The van der Waals surface area contributed by atoms with E-state index in [1.807, 2.05) is 18.3 Å². The van der Waals surface area contributed by atoms with Crippen molar-refractivity contribution in [1.29, 1.82) is 0 Å². The first-order valence-electron chi connectivity index (χ1n) is 7.73. The number of benzene rings is 1. The van der Waals surface area contributed by atoms with E-state index in [1.165, 1.54) is 11.1 Å². The fraction of sp³-hybridized carbons (Fsp3) is 0.389. The zero-order valence-electron chi connectivity index (χ0n) is 13.0. The SMILES string of the molecule is CCN(CC)Cc1ccccc1CNCc1ccccn1. The van der Waals surface area contributed by atoms with E-state index in [-0.39, 0.29) is 0 Å². The number of rotatable bonds is 8. The van der Waals surface area contributed by atoms with Gasteiger partial charge in [-0.05, 0) is 36.3 Å². The summed E-state index contributed by atoms with van der Waals surface area (Å²) >= 11 is 0. The highest BCUT2D eigenvalue weighted by Gasteiger charge is 2.05. The van der Waals surface area contributed by atoms with Crippen molar-refractivity contribution in [2.24, 2.45) is 0 Å². The molecule has 0 radical (unpaired) electrons. The van der Waals surface area contributed by atoms with Crippen LogP contribution in [0.3, 0.4) is 0 Å². The number of pyridine rings is 1. The summed E-state index contributed by atoms with van der Waals surface area (Å²) < 4.78 is 0. The maximum absolute atomic E-state index is 4.34. The van der Waals surface area contributed by atoms with E-state index >= 15 is 0 Å². The average molecular weight is 283 g/mol. The summed E-state index contributed by atoms with van der Waals surface area (Å²) in [4.78, 5) is 6.78. The second kappa shape index (κ2) is 8.55. The molecule has 1 aromatic heterocycles. The minimum atomic E-state index is 0.806. The molecule has 2 aromatic rings. The summed E-state index contributed by atoms with van der Waals surface area (Å²) in [5.41, 5.74) is 3.87. The molecule has 0 spiro atoms. The van der Waals surface area contributed by atoms with Crippen LogP contribution in [0.1, 0.15) is 30.7 Å². The number of hydrogen-bond acceptors (Lipinski definition) is 3. The van der Waals surface area contributed by atoms with Crippen molar-refractivity contribution >= 4 is 0 Å². The van der Waals surface area contributed by atoms with Gasteiger partial charge in [0.05, 0.1) is 5.69 Å². The van der Waals surface area contributed by atoms with Gasteiger partial charge in [0.2, 0.25) is 0 Å². The van der Waals surface area contributed by atoms with Crippen molar-refractivity contribution < 1.29 is 0 Å². The van der Waals surface area contributed by atoms with E-state index in [0.717, 1.165) is 38.4 Å². The van der Waals surface area contributed by atoms with Crippen LogP contribution in [0.5, 0.6) is 0 Å². The Morgan fingerprint density at radius 2 is 1.62 bits per heavy atom. The third-order valence-electron chi connectivity index (χ3n) is 3.75. The van der Waals surface area contributed by atoms with Crippen molar-refractivity contribution in [2.75, 3.05) is 13.1 Å². The molecular weight excluding hydrogens is 258 g/mol. The molecule has 0 saturated heterocycles. The van der Waals surface area contributed by atoms with Crippen LogP contribution >= 0.6 is 0 Å². The van der Waals surface area contributed by atoms with Crippen molar-refractivity contribution in [3.8, 4) is 0 Å². The fourth-order valence-corrected chi connectivity index (χ4v) is 2.40. The van der Waals surface area contributed by atoms with Crippen molar-refractivity contribution in [1.82, 2.24) is 15.2 Å². The smallest absolute Gasteiger partial charge is 0.0541 e. The molecule has 1 heterocycles. The van der Waals surface area contributed by atoms with Gasteiger partial charge in [0.25, 0.3) is 0 Å². The summed E-state index contributed by atoms with van der Waals surface area (Å²) in [6.45, 7) is 9.32. The first-order valence-corrected chi connectivity index (χ1v) is 7.73. The first kappa shape index (κ1) is 15.7. The molecule has 21 heavy (non-hydrogen) atoms. The molecule has 0 aliphatic carbocycles. The zero-order chi connectivity index (χ0) is 14.9. The Kier molecular flexibility index (Phi) is 6.38. The Hall–Kier alpha value is -1.71. The highest BCUT2D eigenvalue weighted by molar-refractivity contribution is 5.27. The summed E-state index contributed by atoms with van der Waals surface area (Å²) in [7, 11) is 0. The minimum absolute atomic E-state index is 0.806. The van der Waals surface area contributed by atoms with Gasteiger partial charge in [-0.1, -0.05) is 44.2 Å². The van der Waals surface area contributed by atoms with Crippen molar-refractivity contribution in [2.45, 2.75) is 33.5 Å². The van der Waals surface area contributed by atoms with E-state index in [2.05, 4.69) is 59.4 Å². The van der Waals surface area contributed by atoms with Gasteiger partial charge in [0, 0.05) is 25.8 Å². The van der Waals surface area contributed by atoms with Gasteiger partial charge in [-0.25, -0.2) is 0 Å². The highest BCUT2D eigenvalue weighted by atomic mass is 15.1. The Morgan fingerprint density at radius 3 is 2.29 bits per heavy atom. The first-order chi connectivity index (χ1) is 10.3. The van der Waals surface area contributed by atoms with Crippen molar-refractivity contribution in [3.63, 3.8) is 0 Å². The van der Waals surface area contributed by atoms with Crippen LogP contribution in [-0.2, 0) is 19.6 Å². The van der Waals surface area contributed by atoms with Gasteiger partial charge < -0.3 is 5.32 Å². The van der Waals surface area contributed by atoms with Crippen LogP contribution in [0.4, 0.5) is 0 Å². The summed E-state index contributed by atoms with van der Waals surface area (Å²) in [6.07, 6.45) is 1.84. The zero-order valence-corrected chi connectivity index (χ0v) is 13.0. The van der Waals surface area contributed by atoms with Gasteiger partial charge in [0.15, 0.2) is 0 Å². The lowest BCUT2D eigenvalue weighted by molar-refractivity contribution is 0.294. The van der Waals surface area contributed by atoms with Crippen LogP contribution in [-0.4, -0.2) is 23.0 Å². The van der Waals surface area contributed by atoms with Gasteiger partial charge >= 0.3 is 0 Å². The van der Waals surface area contributed by atoms with E-state index in [4.69, 9.17) is 0 Å². The molecule has 0 bridgehead atoms. The Morgan fingerprint density at radius 1 is 0.905 bits per heavy atom. The molecule has 0 fully saturated rings. The molecular formula is C18H25N3. The van der Waals surface area contributed by atoms with Gasteiger partial charge in [-0.3, -0.25) is 9.88 Å². The van der Waals surface area contributed by atoms with E-state index in [9.17, 15) is 0 Å². The van der Waals surface area contributed by atoms with Gasteiger partial charge in [-0.2, -0.15) is 0 Å². The summed E-state index contributed by atoms with van der Waals surface area (Å²) in [6, 6.07) is 14.7. The average Bonchev–Trinajstić information content (AvgIpc) is 2.55. The maximum atomic E-state index is 4.34. The number of nitrogens with zero attached hydrogens (tertiary/aromatic N) is 2. The third-order valence-corrected chi connectivity index (χ3v) is 3.75. The fourth-order valence-electron chi connectivity index (χ4n) is 2.40. The second-order valence-electron chi connectivity index (χ2n) is 5.15. The Bertz CT molecular complexity index is 521. The van der Waals surface area contributed by atoms with Crippen molar-refractivity contribution in [3.05, 3.63) is 65.5 Å². The molecule has 1 aromatic carbocycles. The molecule has 3 nitrogen and oxygen atoms in total. The maximum Gasteiger partial charge on any atom is 0.0541 e. The molecule has 0 aliphatic heterocycles. The molecule has 2 rings (SSSR count). The van der Waals surface area contributed by atoms with Crippen LogP contribution in [0.15, 0.2) is 48.7 Å². The van der Waals surface area contributed by atoms with E-state index < -0.39 is 0 Å². The van der Waals surface area contributed by atoms with Gasteiger partial charge in [0.1, 0.15) is 0 Å². The topological polar surface area (TPSA) is 28.2 Å². The van der Waals surface area contributed by atoms with Gasteiger partial charge in [-0.15, -0.1) is 0 Å². The second-order valence-corrected chi connectivity index (χ2v) is 5.15. The monoisotopic (exact) mass is 283 g/mol. The Labute approximate surface area is 128 Å². The highest BCUT2D eigenvalue weighted by Crippen LogP contribution is 2.12. The van der Waals surface area contributed by atoms with Crippen LogP contribution in [0.2, 0.25) is 0 Å². The van der Waals surface area contributed by atoms with E-state index in [1.54, 1.807) is 0 Å². The Balaban J connectivity index is 1.93. The normalized spacial score (nSPS) is 11.0. The largest absolute Gasteiger partial charge is 0.307 e. The summed E-state index contributed by atoms with van der Waals surface area (Å²) in [5.74, 6) is 0. The van der Waals surface area contributed by atoms with Crippen LogP contribution in [0, 0.1) is 0 Å². The molecule has 0 atom stereocenters. The predicted molar refractivity (Wildman–Crippen MR) is 87.8 cm³/mol. The number of aromatic nitrogens is 1. The van der Waals surface area contributed by atoms with E-state index in [0.29, 0.717) is 0 Å². The quantitative estimate of drug-likeness (QED) is 0.806. The molecule has 0 amide bonds. The molecule has 3 heteroatoms. The van der Waals surface area contributed by atoms with Crippen LogP contribution < -0.4 is 5.32 Å². The molecule has 0 saturated carbocycles. The third kappa shape index (κ3) is 4.96. The predicted octanol–water partition coefficient (Wildman–Crippen LogP) is 3.21. The molecule has 0 aliphatic rings. The lowest BCUT2D eigenvalue weighted by Gasteiger charge is -2.20. The van der Waals surface area contributed by atoms with Crippen LogP contribution in [0.25, 0.3) is 0 Å². The molecule has 112 valence electrons. The lowest BCUT2D eigenvalue weighted by atomic mass is 10.1. The summed E-state index contributed by atoms with van der Waals surface area (Å²) in [5, 5.41) is 3.49. The standard InChI is InChI=1S/C18H25N3/c1-3-21(4-2)15-17-10-6-5-9-16(17)13-19-14-18-11-7-8-12-20-18/h5-12,19H,3-4,13-15H2,1-2H3. The molecule has 0 unspecified atom stereocenters. The lowest BCUT2D eigenvalue weighted by Crippen LogP contribution is -2.23. The number of hydrogen-bond donors (Lipinski definition) is 1. The minimum Gasteiger partial charge on any atom is -0.307 e.